The lowest BCUT2D eigenvalue weighted by Crippen LogP contribution is -2.30. The number of hydrogen-bond donors (Lipinski definition) is 1. The van der Waals surface area contributed by atoms with Crippen LogP contribution in [-0.2, 0) is 6.42 Å². The van der Waals surface area contributed by atoms with Gasteiger partial charge in [0.15, 0.2) is 5.82 Å². The largest absolute Gasteiger partial charge is 0.339 e. The van der Waals surface area contributed by atoms with E-state index in [1.54, 1.807) is 12.1 Å². The minimum absolute atomic E-state index is 0.175. The molecule has 3 rings (SSSR count). The Labute approximate surface area is 140 Å². The van der Waals surface area contributed by atoms with Gasteiger partial charge in [-0.05, 0) is 24.1 Å². The van der Waals surface area contributed by atoms with E-state index in [2.05, 4.69) is 22.4 Å². The summed E-state index contributed by atoms with van der Waals surface area (Å²) < 4.78 is 5.28. The van der Waals surface area contributed by atoms with Gasteiger partial charge in [0, 0.05) is 12.0 Å². The van der Waals surface area contributed by atoms with Crippen molar-refractivity contribution in [3.63, 3.8) is 0 Å². The molecule has 24 heavy (non-hydrogen) atoms. The van der Waals surface area contributed by atoms with Gasteiger partial charge in [-0.1, -0.05) is 60.6 Å². The van der Waals surface area contributed by atoms with E-state index in [4.69, 9.17) is 4.52 Å². The molecule has 0 fully saturated rings. The molecule has 0 aliphatic heterocycles. The summed E-state index contributed by atoms with van der Waals surface area (Å²) in [7, 11) is 0. The normalized spacial score (nSPS) is 11.9. The Morgan fingerprint density at radius 3 is 2.42 bits per heavy atom. The molecule has 0 aliphatic rings. The second kappa shape index (κ2) is 7.55. The molecule has 1 unspecified atom stereocenters. The number of nitrogens with zero attached hydrogens (tertiary/aromatic N) is 2. The summed E-state index contributed by atoms with van der Waals surface area (Å²) in [5.41, 5.74) is 1.50. The molecule has 0 spiro atoms. The Balaban J connectivity index is 1.89. The maximum Gasteiger partial charge on any atom is 0.252 e. The number of carbonyl (C=O) groups is 1. The van der Waals surface area contributed by atoms with E-state index in [-0.39, 0.29) is 5.91 Å². The minimum atomic E-state index is -0.451. The molecule has 1 amide bonds. The fourth-order valence-electron chi connectivity index (χ4n) is 2.45. The van der Waals surface area contributed by atoms with Crippen LogP contribution in [0.1, 0.15) is 47.0 Å². The molecule has 1 N–H and O–H groups in total. The SMILES string of the molecule is CCCc1nc(C(NC(=O)c2ccccc2)c2ccccc2)no1. The predicted molar refractivity (Wildman–Crippen MR) is 90.5 cm³/mol. The zero-order valence-electron chi connectivity index (χ0n) is 13.5. The van der Waals surface area contributed by atoms with Crippen molar-refractivity contribution in [2.45, 2.75) is 25.8 Å². The van der Waals surface area contributed by atoms with Crippen LogP contribution in [-0.4, -0.2) is 16.0 Å². The second-order valence-electron chi connectivity index (χ2n) is 5.48. The van der Waals surface area contributed by atoms with E-state index in [9.17, 15) is 4.79 Å². The van der Waals surface area contributed by atoms with E-state index >= 15 is 0 Å². The summed E-state index contributed by atoms with van der Waals surface area (Å²) in [4.78, 5) is 17.0. The zero-order valence-corrected chi connectivity index (χ0v) is 13.5. The first-order chi connectivity index (χ1) is 11.8. The van der Waals surface area contributed by atoms with Crippen LogP contribution in [0.3, 0.4) is 0 Å². The standard InChI is InChI=1S/C19H19N3O2/c1-2-9-16-20-18(22-24-16)17(14-10-5-3-6-11-14)21-19(23)15-12-7-4-8-13-15/h3-8,10-13,17H,2,9H2,1H3,(H,21,23). The van der Waals surface area contributed by atoms with Gasteiger partial charge < -0.3 is 9.84 Å². The molecule has 1 heterocycles. The highest BCUT2D eigenvalue weighted by Gasteiger charge is 2.22. The Hall–Kier alpha value is -2.95. The van der Waals surface area contributed by atoms with Gasteiger partial charge in [-0.2, -0.15) is 4.98 Å². The average molecular weight is 321 g/mol. The molecule has 2 aromatic carbocycles. The number of carbonyl (C=O) groups excluding carboxylic acids is 1. The van der Waals surface area contributed by atoms with Gasteiger partial charge in [-0.25, -0.2) is 0 Å². The summed E-state index contributed by atoms with van der Waals surface area (Å²) in [5, 5.41) is 7.05. The van der Waals surface area contributed by atoms with E-state index in [0.717, 1.165) is 18.4 Å². The van der Waals surface area contributed by atoms with Crippen LogP contribution in [0.5, 0.6) is 0 Å². The predicted octanol–water partition coefficient (Wildman–Crippen LogP) is 3.54. The zero-order chi connectivity index (χ0) is 16.8. The van der Waals surface area contributed by atoms with Gasteiger partial charge >= 0.3 is 0 Å². The van der Waals surface area contributed by atoms with Crippen LogP contribution in [0, 0.1) is 0 Å². The Morgan fingerprint density at radius 1 is 1.08 bits per heavy atom. The highest BCUT2D eigenvalue weighted by molar-refractivity contribution is 5.94. The molecule has 0 radical (unpaired) electrons. The van der Waals surface area contributed by atoms with Crippen molar-refractivity contribution in [1.82, 2.24) is 15.5 Å². The first-order valence-corrected chi connectivity index (χ1v) is 8.01. The van der Waals surface area contributed by atoms with Crippen molar-refractivity contribution in [1.29, 1.82) is 0 Å². The molecular weight excluding hydrogens is 302 g/mol. The van der Waals surface area contributed by atoms with Crippen LogP contribution >= 0.6 is 0 Å². The highest BCUT2D eigenvalue weighted by Crippen LogP contribution is 2.20. The Kier molecular flexibility index (Phi) is 5.01. The molecule has 0 bridgehead atoms. The molecule has 3 aromatic rings. The number of benzene rings is 2. The van der Waals surface area contributed by atoms with Gasteiger partial charge in [0.2, 0.25) is 5.89 Å². The van der Waals surface area contributed by atoms with Crippen molar-refractivity contribution in [2.75, 3.05) is 0 Å². The lowest BCUT2D eigenvalue weighted by Gasteiger charge is -2.16. The molecule has 0 aliphatic carbocycles. The molecule has 1 atom stereocenters. The van der Waals surface area contributed by atoms with Crippen molar-refractivity contribution in [3.05, 3.63) is 83.5 Å². The van der Waals surface area contributed by atoms with Gasteiger partial charge in [-0.3, -0.25) is 4.79 Å². The van der Waals surface area contributed by atoms with Gasteiger partial charge in [-0.15, -0.1) is 0 Å². The number of amides is 1. The van der Waals surface area contributed by atoms with E-state index < -0.39 is 6.04 Å². The molecule has 5 heteroatoms. The quantitative estimate of drug-likeness (QED) is 0.754. The second-order valence-corrected chi connectivity index (χ2v) is 5.48. The third-order valence-corrected chi connectivity index (χ3v) is 3.65. The van der Waals surface area contributed by atoms with Gasteiger partial charge in [0.1, 0.15) is 6.04 Å². The maximum atomic E-state index is 12.5. The van der Waals surface area contributed by atoms with Crippen LogP contribution in [0.15, 0.2) is 65.2 Å². The summed E-state index contributed by atoms with van der Waals surface area (Å²) in [5.74, 6) is 0.877. The minimum Gasteiger partial charge on any atom is -0.339 e. The molecule has 1 aromatic heterocycles. The van der Waals surface area contributed by atoms with Crippen molar-refractivity contribution < 1.29 is 9.32 Å². The first kappa shape index (κ1) is 15.9. The van der Waals surface area contributed by atoms with E-state index in [1.165, 1.54) is 0 Å². The van der Waals surface area contributed by atoms with Crippen LogP contribution < -0.4 is 5.32 Å². The Bertz CT molecular complexity index is 785. The van der Waals surface area contributed by atoms with Crippen LogP contribution in [0.25, 0.3) is 0 Å². The lowest BCUT2D eigenvalue weighted by molar-refractivity contribution is 0.0941. The highest BCUT2D eigenvalue weighted by atomic mass is 16.5. The van der Waals surface area contributed by atoms with Crippen molar-refractivity contribution in [2.24, 2.45) is 0 Å². The van der Waals surface area contributed by atoms with Crippen LogP contribution in [0.2, 0.25) is 0 Å². The third kappa shape index (κ3) is 3.68. The molecule has 0 saturated heterocycles. The number of rotatable bonds is 6. The number of nitrogens with one attached hydrogen (secondary N) is 1. The molecule has 0 saturated carbocycles. The first-order valence-electron chi connectivity index (χ1n) is 8.01. The van der Waals surface area contributed by atoms with Crippen molar-refractivity contribution in [3.8, 4) is 0 Å². The summed E-state index contributed by atoms with van der Waals surface area (Å²) in [6, 6.07) is 18.3. The average Bonchev–Trinajstić information content (AvgIpc) is 3.09. The lowest BCUT2D eigenvalue weighted by atomic mass is 10.1. The number of aromatic nitrogens is 2. The maximum absolute atomic E-state index is 12.5. The molecular formula is C19H19N3O2. The van der Waals surface area contributed by atoms with Crippen LogP contribution in [0.4, 0.5) is 0 Å². The summed E-state index contributed by atoms with van der Waals surface area (Å²) in [6.07, 6.45) is 1.65. The molecule has 5 nitrogen and oxygen atoms in total. The third-order valence-electron chi connectivity index (χ3n) is 3.65. The fraction of sp³-hybridized carbons (Fsp3) is 0.211. The Morgan fingerprint density at radius 2 is 1.75 bits per heavy atom. The van der Waals surface area contributed by atoms with Gasteiger partial charge in [0.05, 0.1) is 0 Å². The van der Waals surface area contributed by atoms with Gasteiger partial charge in [0.25, 0.3) is 5.91 Å². The molecule has 122 valence electrons. The summed E-state index contributed by atoms with van der Waals surface area (Å²) in [6.45, 7) is 2.05. The van der Waals surface area contributed by atoms with E-state index in [0.29, 0.717) is 17.3 Å². The smallest absolute Gasteiger partial charge is 0.252 e. The topological polar surface area (TPSA) is 68.0 Å². The summed E-state index contributed by atoms with van der Waals surface area (Å²) >= 11 is 0. The van der Waals surface area contributed by atoms with Crippen molar-refractivity contribution >= 4 is 5.91 Å². The fourth-order valence-corrected chi connectivity index (χ4v) is 2.45. The number of hydrogen-bond acceptors (Lipinski definition) is 4. The number of aryl methyl sites for hydroxylation is 1. The monoisotopic (exact) mass is 321 g/mol. The van der Waals surface area contributed by atoms with E-state index in [1.807, 2.05) is 48.5 Å².